The molecule has 2 aromatic rings. The first-order chi connectivity index (χ1) is 9.92. The minimum Gasteiger partial charge on any atom is -0.313 e. The third kappa shape index (κ3) is 4.06. The van der Waals surface area contributed by atoms with Crippen molar-refractivity contribution in [1.82, 2.24) is 5.32 Å². The van der Waals surface area contributed by atoms with Crippen LogP contribution >= 0.6 is 15.9 Å². The summed E-state index contributed by atoms with van der Waals surface area (Å²) < 4.78 is 28.3. The molecule has 0 aliphatic rings. The van der Waals surface area contributed by atoms with Crippen LogP contribution in [0.5, 0.6) is 0 Å². The summed E-state index contributed by atoms with van der Waals surface area (Å²) in [5.41, 5.74) is 1.45. The van der Waals surface area contributed by atoms with E-state index < -0.39 is 10.0 Å². The topological polar surface area (TPSA) is 58.2 Å². The number of benzene rings is 2. The molecule has 4 nitrogen and oxygen atoms in total. The van der Waals surface area contributed by atoms with Crippen molar-refractivity contribution in [3.63, 3.8) is 0 Å². The molecule has 1 unspecified atom stereocenters. The molecule has 0 heterocycles. The molecule has 2 rings (SSSR count). The first-order valence-corrected chi connectivity index (χ1v) is 8.75. The number of nitrogens with one attached hydrogen (secondary N) is 2. The van der Waals surface area contributed by atoms with E-state index in [1.165, 1.54) is 0 Å². The number of hydrogen-bond acceptors (Lipinski definition) is 3. The quantitative estimate of drug-likeness (QED) is 0.848. The lowest BCUT2D eigenvalue weighted by atomic mass is 10.1. The van der Waals surface area contributed by atoms with Gasteiger partial charge in [0.15, 0.2) is 0 Å². The zero-order chi connectivity index (χ0) is 15.5. The largest absolute Gasteiger partial charge is 0.313 e. The van der Waals surface area contributed by atoms with Gasteiger partial charge in [0.05, 0.1) is 4.90 Å². The van der Waals surface area contributed by atoms with E-state index in [0.29, 0.717) is 5.69 Å². The average Bonchev–Trinajstić information content (AvgIpc) is 2.46. The average molecular weight is 369 g/mol. The van der Waals surface area contributed by atoms with E-state index in [0.717, 1.165) is 10.0 Å². The SMILES string of the molecule is CNC(C)c1cccc(S(=O)(=O)Nc2cccc(Br)c2)c1. The maximum atomic E-state index is 12.4. The summed E-state index contributed by atoms with van der Waals surface area (Å²) in [5, 5.41) is 3.10. The summed E-state index contributed by atoms with van der Waals surface area (Å²) >= 11 is 3.32. The highest BCUT2D eigenvalue weighted by atomic mass is 79.9. The lowest BCUT2D eigenvalue weighted by Crippen LogP contribution is -2.15. The summed E-state index contributed by atoms with van der Waals surface area (Å²) in [6.07, 6.45) is 0. The van der Waals surface area contributed by atoms with Gasteiger partial charge in [0.25, 0.3) is 10.0 Å². The molecule has 0 spiro atoms. The lowest BCUT2D eigenvalue weighted by Gasteiger charge is -2.13. The fourth-order valence-electron chi connectivity index (χ4n) is 1.88. The predicted molar refractivity (Wildman–Crippen MR) is 88.9 cm³/mol. The Kier molecular flexibility index (Phi) is 5.03. The second-order valence-electron chi connectivity index (χ2n) is 4.70. The van der Waals surface area contributed by atoms with Crippen molar-refractivity contribution >= 4 is 31.6 Å². The molecule has 2 N–H and O–H groups in total. The number of sulfonamides is 1. The monoisotopic (exact) mass is 368 g/mol. The molecule has 6 heteroatoms. The lowest BCUT2D eigenvalue weighted by molar-refractivity contribution is 0.600. The molecular weight excluding hydrogens is 352 g/mol. The van der Waals surface area contributed by atoms with Crippen molar-refractivity contribution in [1.29, 1.82) is 0 Å². The third-order valence-corrected chi connectivity index (χ3v) is 5.05. The fraction of sp³-hybridized carbons (Fsp3) is 0.200. The van der Waals surface area contributed by atoms with E-state index in [1.807, 2.05) is 26.1 Å². The normalized spacial score (nSPS) is 12.9. The Morgan fingerprint density at radius 2 is 1.81 bits per heavy atom. The molecule has 2 aromatic carbocycles. The van der Waals surface area contributed by atoms with E-state index >= 15 is 0 Å². The fourth-order valence-corrected chi connectivity index (χ4v) is 3.39. The van der Waals surface area contributed by atoms with Crippen LogP contribution in [0.3, 0.4) is 0 Å². The summed E-state index contributed by atoms with van der Waals surface area (Å²) in [6.45, 7) is 1.98. The Balaban J connectivity index is 2.31. The summed E-state index contributed by atoms with van der Waals surface area (Å²) in [6, 6.07) is 14.1. The van der Waals surface area contributed by atoms with Crippen LogP contribution in [-0.4, -0.2) is 15.5 Å². The van der Waals surface area contributed by atoms with Crippen LogP contribution in [0.2, 0.25) is 0 Å². The highest BCUT2D eigenvalue weighted by Crippen LogP contribution is 2.22. The predicted octanol–water partition coefficient (Wildman–Crippen LogP) is 3.53. The van der Waals surface area contributed by atoms with Crippen molar-refractivity contribution in [3.8, 4) is 0 Å². The number of rotatable bonds is 5. The van der Waals surface area contributed by atoms with Gasteiger partial charge in [-0.15, -0.1) is 0 Å². The van der Waals surface area contributed by atoms with Gasteiger partial charge in [-0.2, -0.15) is 0 Å². The van der Waals surface area contributed by atoms with Crippen LogP contribution in [0.1, 0.15) is 18.5 Å². The Morgan fingerprint density at radius 3 is 2.48 bits per heavy atom. The van der Waals surface area contributed by atoms with E-state index in [9.17, 15) is 8.42 Å². The first-order valence-electron chi connectivity index (χ1n) is 6.48. The second-order valence-corrected chi connectivity index (χ2v) is 7.30. The van der Waals surface area contributed by atoms with Crippen LogP contribution in [0.4, 0.5) is 5.69 Å². The summed E-state index contributed by atoms with van der Waals surface area (Å²) in [7, 11) is -1.75. The van der Waals surface area contributed by atoms with Gasteiger partial charge in [-0.05, 0) is 49.9 Å². The smallest absolute Gasteiger partial charge is 0.261 e. The van der Waals surface area contributed by atoms with E-state index in [4.69, 9.17) is 0 Å². The van der Waals surface area contributed by atoms with Crippen molar-refractivity contribution < 1.29 is 8.42 Å². The highest BCUT2D eigenvalue weighted by Gasteiger charge is 2.15. The molecule has 0 aliphatic heterocycles. The van der Waals surface area contributed by atoms with Crippen LogP contribution in [0, 0.1) is 0 Å². The van der Waals surface area contributed by atoms with Gasteiger partial charge in [-0.25, -0.2) is 8.42 Å². The Labute approximate surface area is 133 Å². The number of hydrogen-bond donors (Lipinski definition) is 2. The van der Waals surface area contributed by atoms with Crippen LogP contribution in [0.15, 0.2) is 57.9 Å². The van der Waals surface area contributed by atoms with Crippen LogP contribution < -0.4 is 10.0 Å². The Hall–Kier alpha value is -1.37. The maximum Gasteiger partial charge on any atom is 0.261 e. The van der Waals surface area contributed by atoms with E-state index in [1.54, 1.807) is 36.4 Å². The highest BCUT2D eigenvalue weighted by molar-refractivity contribution is 9.10. The van der Waals surface area contributed by atoms with Gasteiger partial charge in [-0.1, -0.05) is 34.1 Å². The van der Waals surface area contributed by atoms with Crippen molar-refractivity contribution in [2.24, 2.45) is 0 Å². The van der Waals surface area contributed by atoms with Gasteiger partial charge < -0.3 is 5.32 Å². The third-order valence-electron chi connectivity index (χ3n) is 3.18. The zero-order valence-corrected chi connectivity index (χ0v) is 14.2. The molecule has 0 bridgehead atoms. The standard InChI is InChI=1S/C15H17BrN2O2S/c1-11(17-2)12-5-3-8-15(9-12)21(19,20)18-14-7-4-6-13(16)10-14/h3-11,17-18H,1-2H3. The van der Waals surface area contributed by atoms with Crippen LogP contribution in [0.25, 0.3) is 0 Å². The van der Waals surface area contributed by atoms with Crippen LogP contribution in [-0.2, 0) is 10.0 Å². The molecule has 0 aliphatic carbocycles. The second kappa shape index (κ2) is 6.60. The minimum absolute atomic E-state index is 0.0889. The van der Waals surface area contributed by atoms with Gasteiger partial charge in [0, 0.05) is 16.2 Å². The summed E-state index contributed by atoms with van der Waals surface area (Å²) in [4.78, 5) is 0.252. The molecule has 0 saturated carbocycles. The van der Waals surface area contributed by atoms with Gasteiger partial charge in [0.1, 0.15) is 0 Å². The van der Waals surface area contributed by atoms with Crippen molar-refractivity contribution in [2.45, 2.75) is 17.9 Å². The van der Waals surface area contributed by atoms with Gasteiger partial charge in [-0.3, -0.25) is 4.72 Å². The number of halogens is 1. The molecule has 0 saturated heterocycles. The molecule has 0 amide bonds. The maximum absolute atomic E-state index is 12.4. The molecule has 0 radical (unpaired) electrons. The van der Waals surface area contributed by atoms with E-state index in [2.05, 4.69) is 26.0 Å². The Morgan fingerprint density at radius 1 is 1.10 bits per heavy atom. The van der Waals surface area contributed by atoms with Crippen molar-refractivity contribution in [2.75, 3.05) is 11.8 Å². The number of anilines is 1. The molecular formula is C15H17BrN2O2S. The zero-order valence-electron chi connectivity index (χ0n) is 11.8. The molecule has 1 atom stereocenters. The minimum atomic E-state index is -3.59. The Bertz CT molecular complexity index is 732. The van der Waals surface area contributed by atoms with Crippen molar-refractivity contribution in [3.05, 3.63) is 58.6 Å². The molecule has 0 fully saturated rings. The molecule has 112 valence electrons. The van der Waals surface area contributed by atoms with Gasteiger partial charge >= 0.3 is 0 Å². The molecule has 0 aromatic heterocycles. The first kappa shape index (κ1) is 16.0. The van der Waals surface area contributed by atoms with E-state index in [-0.39, 0.29) is 10.9 Å². The molecule has 21 heavy (non-hydrogen) atoms. The summed E-state index contributed by atoms with van der Waals surface area (Å²) in [5.74, 6) is 0. The van der Waals surface area contributed by atoms with Gasteiger partial charge in [0.2, 0.25) is 0 Å².